The van der Waals surface area contributed by atoms with E-state index in [9.17, 15) is 18.4 Å². The first kappa shape index (κ1) is 14.3. The Hall–Kier alpha value is -2.61. The molecule has 2 aromatic heterocycles. The van der Waals surface area contributed by atoms with Crippen LogP contribution >= 0.6 is 11.3 Å². The summed E-state index contributed by atoms with van der Waals surface area (Å²) >= 11 is 1.25. The number of thiazole rings is 1. The third-order valence-corrected chi connectivity index (χ3v) is 3.89. The highest BCUT2D eigenvalue weighted by molar-refractivity contribution is 7.07. The summed E-state index contributed by atoms with van der Waals surface area (Å²) in [6, 6.07) is 0.865. The van der Waals surface area contributed by atoms with Crippen molar-refractivity contribution in [1.29, 1.82) is 0 Å². The zero-order valence-corrected chi connectivity index (χ0v) is 11.9. The summed E-state index contributed by atoms with van der Waals surface area (Å²) in [7, 11) is 0. The Kier molecular flexibility index (Phi) is 3.25. The third kappa shape index (κ3) is 2.00. The lowest BCUT2D eigenvalue weighted by atomic mass is 10.1. The molecule has 0 spiro atoms. The van der Waals surface area contributed by atoms with Gasteiger partial charge in [0.1, 0.15) is 11.4 Å². The van der Waals surface area contributed by atoms with Crippen molar-refractivity contribution in [3.8, 4) is 5.82 Å². The van der Waals surface area contributed by atoms with E-state index in [1.54, 1.807) is 5.38 Å². The minimum absolute atomic E-state index is 0.0669. The fraction of sp³-hybridized carbons (Fsp3) is 0.0714. The van der Waals surface area contributed by atoms with Gasteiger partial charge < -0.3 is 5.11 Å². The summed E-state index contributed by atoms with van der Waals surface area (Å²) in [5.41, 5.74) is -0.0451. The normalized spacial score (nSPS) is 11.0. The summed E-state index contributed by atoms with van der Waals surface area (Å²) in [6.45, 7) is 1.24. The molecule has 112 valence electrons. The van der Waals surface area contributed by atoms with Crippen LogP contribution in [0.5, 0.6) is 0 Å². The Morgan fingerprint density at radius 3 is 2.73 bits per heavy atom. The van der Waals surface area contributed by atoms with Crippen LogP contribution in [0.3, 0.4) is 0 Å². The molecule has 0 bridgehead atoms. The fourth-order valence-corrected chi connectivity index (χ4v) is 2.80. The van der Waals surface area contributed by atoms with Crippen LogP contribution in [0.1, 0.15) is 15.9 Å². The number of rotatable bonds is 2. The largest absolute Gasteiger partial charge is 0.477 e. The lowest BCUT2D eigenvalue weighted by Crippen LogP contribution is -2.20. The number of aromatic carboxylic acids is 1. The summed E-state index contributed by atoms with van der Waals surface area (Å²) in [6.07, 6.45) is 1.07. The lowest BCUT2D eigenvalue weighted by molar-refractivity contribution is 0.0695. The first-order valence-corrected chi connectivity index (χ1v) is 7.02. The first-order valence-electron chi connectivity index (χ1n) is 6.07. The molecule has 3 aromatic rings. The number of carbonyl (C=O) groups is 1. The van der Waals surface area contributed by atoms with Gasteiger partial charge in [-0.2, -0.15) is 0 Å². The Bertz CT molecular complexity index is 965. The highest BCUT2D eigenvalue weighted by Gasteiger charge is 2.21. The summed E-state index contributed by atoms with van der Waals surface area (Å²) in [4.78, 5) is 27.5. The van der Waals surface area contributed by atoms with E-state index in [1.807, 2.05) is 0 Å². The second-order valence-corrected chi connectivity index (χ2v) is 5.30. The molecular formula is C14H8F2N2O3S. The molecule has 0 unspecified atom stereocenters. The predicted octanol–water partition coefficient (Wildman–Crippen LogP) is 2.73. The maximum atomic E-state index is 13.8. The number of benzene rings is 1. The number of halogens is 2. The van der Waals surface area contributed by atoms with Crippen molar-refractivity contribution in [2.24, 2.45) is 0 Å². The zero-order valence-electron chi connectivity index (χ0n) is 11.1. The van der Waals surface area contributed by atoms with E-state index in [1.165, 1.54) is 28.3 Å². The van der Waals surface area contributed by atoms with Crippen molar-refractivity contribution in [1.82, 2.24) is 9.55 Å². The third-order valence-electron chi connectivity index (χ3n) is 3.32. The van der Waals surface area contributed by atoms with Crippen LogP contribution in [0.4, 0.5) is 8.78 Å². The second kappa shape index (κ2) is 4.99. The molecule has 5 nitrogen and oxygen atoms in total. The summed E-state index contributed by atoms with van der Waals surface area (Å²) in [5.74, 6) is -3.41. The van der Waals surface area contributed by atoms with Crippen LogP contribution in [0.25, 0.3) is 16.7 Å². The Morgan fingerprint density at radius 1 is 1.41 bits per heavy atom. The first-order chi connectivity index (χ1) is 10.4. The fourth-order valence-electron chi connectivity index (χ4n) is 2.27. The van der Waals surface area contributed by atoms with E-state index in [0.717, 1.165) is 12.3 Å². The molecule has 1 N–H and O–H groups in total. The predicted molar refractivity (Wildman–Crippen MR) is 76.8 cm³/mol. The van der Waals surface area contributed by atoms with E-state index in [0.29, 0.717) is 5.82 Å². The quantitative estimate of drug-likeness (QED) is 0.787. The average molecular weight is 322 g/mol. The Balaban J connectivity index is 2.58. The Morgan fingerprint density at radius 2 is 2.14 bits per heavy atom. The minimum atomic E-state index is -1.44. The van der Waals surface area contributed by atoms with Gasteiger partial charge in [0.2, 0.25) is 5.43 Å². The number of nitrogens with zero attached hydrogens (tertiary/aromatic N) is 2. The van der Waals surface area contributed by atoms with E-state index in [-0.39, 0.29) is 16.5 Å². The molecule has 0 saturated carbocycles. The van der Waals surface area contributed by atoms with Gasteiger partial charge in [0, 0.05) is 23.2 Å². The van der Waals surface area contributed by atoms with Crippen LogP contribution in [0, 0.1) is 18.6 Å². The van der Waals surface area contributed by atoms with Gasteiger partial charge >= 0.3 is 5.97 Å². The van der Waals surface area contributed by atoms with Crippen molar-refractivity contribution in [2.45, 2.75) is 6.92 Å². The van der Waals surface area contributed by atoms with Crippen LogP contribution in [0.15, 0.2) is 27.9 Å². The van der Waals surface area contributed by atoms with Crippen LogP contribution in [0.2, 0.25) is 0 Å². The topological polar surface area (TPSA) is 72.2 Å². The Labute approximate surface area is 126 Å². The van der Waals surface area contributed by atoms with Gasteiger partial charge in [-0.3, -0.25) is 9.36 Å². The molecule has 0 aliphatic rings. The number of hydrogen-bond acceptors (Lipinski definition) is 4. The molecule has 1 aromatic carbocycles. The minimum Gasteiger partial charge on any atom is -0.477 e. The number of carboxylic acid groups (broad SMARTS) is 1. The number of pyridine rings is 1. The van der Waals surface area contributed by atoms with E-state index in [2.05, 4.69) is 4.98 Å². The SMILES string of the molecule is Cc1c(F)c(F)cc2c1c(=O)c(C(=O)O)cn2-c1cscn1. The zero-order chi connectivity index (χ0) is 16.0. The maximum Gasteiger partial charge on any atom is 0.341 e. The second-order valence-electron chi connectivity index (χ2n) is 4.59. The van der Waals surface area contributed by atoms with E-state index >= 15 is 0 Å². The van der Waals surface area contributed by atoms with Gasteiger partial charge in [0.15, 0.2) is 11.6 Å². The molecule has 0 fully saturated rings. The van der Waals surface area contributed by atoms with Gasteiger partial charge in [-0.1, -0.05) is 0 Å². The molecular weight excluding hydrogens is 314 g/mol. The number of aromatic nitrogens is 2. The standard InChI is InChI=1S/C14H8F2N2O3S/c1-6-11-9(2-8(15)12(6)16)18(10-4-22-5-17-10)3-7(13(11)19)14(20)21/h2-5H,1H3,(H,20,21). The summed E-state index contributed by atoms with van der Waals surface area (Å²) < 4.78 is 28.7. The molecule has 2 heterocycles. The van der Waals surface area contributed by atoms with Crippen LogP contribution in [-0.2, 0) is 0 Å². The molecule has 0 amide bonds. The van der Waals surface area contributed by atoms with E-state index in [4.69, 9.17) is 5.11 Å². The van der Waals surface area contributed by atoms with Crippen LogP contribution in [-0.4, -0.2) is 20.6 Å². The number of carboxylic acids is 1. The highest BCUT2D eigenvalue weighted by Crippen LogP contribution is 2.24. The van der Waals surface area contributed by atoms with Gasteiger partial charge in [-0.05, 0) is 6.92 Å². The summed E-state index contributed by atoms with van der Waals surface area (Å²) in [5, 5.41) is 10.6. The maximum absolute atomic E-state index is 13.8. The van der Waals surface area contributed by atoms with Gasteiger partial charge in [-0.25, -0.2) is 18.6 Å². The smallest absolute Gasteiger partial charge is 0.341 e. The van der Waals surface area contributed by atoms with Crippen molar-refractivity contribution in [3.05, 3.63) is 56.1 Å². The number of fused-ring (bicyclic) bond motifs is 1. The molecule has 8 heteroatoms. The van der Waals surface area contributed by atoms with Crippen molar-refractivity contribution in [2.75, 3.05) is 0 Å². The molecule has 22 heavy (non-hydrogen) atoms. The van der Waals surface area contributed by atoms with Crippen molar-refractivity contribution < 1.29 is 18.7 Å². The number of hydrogen-bond donors (Lipinski definition) is 1. The molecule has 0 aliphatic heterocycles. The molecule has 0 radical (unpaired) electrons. The average Bonchev–Trinajstić information content (AvgIpc) is 2.98. The van der Waals surface area contributed by atoms with Gasteiger partial charge in [0.05, 0.1) is 16.4 Å². The molecule has 0 aliphatic carbocycles. The monoisotopic (exact) mass is 322 g/mol. The molecule has 0 saturated heterocycles. The van der Waals surface area contributed by atoms with Crippen molar-refractivity contribution >= 4 is 28.2 Å². The van der Waals surface area contributed by atoms with Gasteiger partial charge in [-0.15, -0.1) is 11.3 Å². The van der Waals surface area contributed by atoms with Crippen molar-refractivity contribution in [3.63, 3.8) is 0 Å². The van der Waals surface area contributed by atoms with Crippen LogP contribution < -0.4 is 5.43 Å². The highest BCUT2D eigenvalue weighted by atomic mass is 32.1. The van der Waals surface area contributed by atoms with E-state index < -0.39 is 28.6 Å². The molecule has 3 rings (SSSR count). The lowest BCUT2D eigenvalue weighted by Gasteiger charge is -2.12. The molecule has 0 atom stereocenters. The number of aryl methyl sites for hydroxylation is 1. The van der Waals surface area contributed by atoms with Gasteiger partial charge in [0.25, 0.3) is 0 Å².